The smallest absolute Gasteiger partial charge is 0.214 e. The van der Waals surface area contributed by atoms with E-state index in [1.165, 1.54) is 11.3 Å². The third kappa shape index (κ3) is 2.54. The zero-order valence-corrected chi connectivity index (χ0v) is 12.8. The van der Waals surface area contributed by atoms with Crippen molar-refractivity contribution in [3.63, 3.8) is 0 Å². The fourth-order valence-corrected chi connectivity index (χ4v) is 3.09. The van der Waals surface area contributed by atoms with Gasteiger partial charge < -0.3 is 5.32 Å². The maximum atomic E-state index is 5.98. The average molecular weight is 328 g/mol. The van der Waals surface area contributed by atoms with E-state index in [0.29, 0.717) is 5.02 Å². The first-order chi connectivity index (χ1) is 10.8. The molecule has 7 heteroatoms. The molecule has 0 aliphatic rings. The van der Waals surface area contributed by atoms with Crippen LogP contribution in [0.5, 0.6) is 0 Å². The molecule has 1 aromatic carbocycles. The van der Waals surface area contributed by atoms with Gasteiger partial charge in [-0.25, -0.2) is 9.50 Å². The predicted octanol–water partition coefficient (Wildman–Crippen LogP) is 4.25. The lowest BCUT2D eigenvalue weighted by molar-refractivity contribution is 0.978. The number of nitrogens with one attached hydrogen (secondary N) is 1. The molecule has 0 spiro atoms. The third-order valence-corrected chi connectivity index (χ3v) is 4.15. The van der Waals surface area contributed by atoms with Crippen molar-refractivity contribution in [2.45, 2.75) is 0 Å². The van der Waals surface area contributed by atoms with Gasteiger partial charge in [-0.1, -0.05) is 29.0 Å². The van der Waals surface area contributed by atoms with Crippen molar-refractivity contribution in [1.82, 2.24) is 19.6 Å². The zero-order valence-electron chi connectivity index (χ0n) is 11.3. The van der Waals surface area contributed by atoms with E-state index in [0.717, 1.165) is 27.0 Å². The van der Waals surface area contributed by atoms with Crippen LogP contribution in [0, 0.1) is 0 Å². The minimum atomic E-state index is 0.685. The molecule has 1 N–H and O–H groups in total. The number of halogens is 1. The SMILES string of the molecule is Clc1cccc(Nc2nn3cc(-c4cccnc4)nc3s2)c1. The van der Waals surface area contributed by atoms with Crippen molar-refractivity contribution in [1.29, 1.82) is 0 Å². The van der Waals surface area contributed by atoms with Gasteiger partial charge in [0, 0.05) is 28.7 Å². The second kappa shape index (κ2) is 5.40. The van der Waals surface area contributed by atoms with Gasteiger partial charge in [-0.05, 0) is 30.3 Å². The summed E-state index contributed by atoms with van der Waals surface area (Å²) in [4.78, 5) is 9.50. The van der Waals surface area contributed by atoms with E-state index in [1.54, 1.807) is 16.9 Å². The van der Waals surface area contributed by atoms with Gasteiger partial charge in [0.1, 0.15) is 0 Å². The molecule has 4 rings (SSSR count). The Morgan fingerprint density at radius 1 is 1.18 bits per heavy atom. The van der Waals surface area contributed by atoms with Gasteiger partial charge in [0.25, 0.3) is 0 Å². The van der Waals surface area contributed by atoms with Gasteiger partial charge in [0.05, 0.1) is 11.9 Å². The number of hydrogen-bond donors (Lipinski definition) is 1. The Morgan fingerprint density at radius 3 is 2.91 bits per heavy atom. The van der Waals surface area contributed by atoms with Gasteiger partial charge >= 0.3 is 0 Å². The van der Waals surface area contributed by atoms with Crippen molar-refractivity contribution < 1.29 is 0 Å². The van der Waals surface area contributed by atoms with Crippen molar-refractivity contribution in [3.05, 3.63) is 60.0 Å². The molecule has 0 fully saturated rings. The van der Waals surface area contributed by atoms with E-state index in [9.17, 15) is 0 Å². The molecule has 0 aliphatic heterocycles. The lowest BCUT2D eigenvalue weighted by atomic mass is 10.2. The molecule has 0 saturated heterocycles. The molecule has 0 aliphatic carbocycles. The monoisotopic (exact) mass is 327 g/mol. The number of pyridine rings is 1. The molecule has 0 saturated carbocycles. The normalized spacial score (nSPS) is 11.0. The number of imidazole rings is 1. The molecule has 4 aromatic rings. The van der Waals surface area contributed by atoms with Crippen LogP contribution in [0.4, 0.5) is 10.8 Å². The molecule has 0 amide bonds. The molecule has 0 bridgehead atoms. The molecular weight excluding hydrogens is 318 g/mol. The van der Waals surface area contributed by atoms with Crippen LogP contribution in [0.2, 0.25) is 5.02 Å². The number of aromatic nitrogens is 4. The number of fused-ring (bicyclic) bond motifs is 1. The maximum Gasteiger partial charge on any atom is 0.214 e. The number of hydrogen-bond acceptors (Lipinski definition) is 5. The molecule has 22 heavy (non-hydrogen) atoms. The van der Waals surface area contributed by atoms with Crippen LogP contribution < -0.4 is 5.32 Å². The summed E-state index contributed by atoms with van der Waals surface area (Å²) in [5.41, 5.74) is 2.74. The van der Waals surface area contributed by atoms with E-state index in [4.69, 9.17) is 11.6 Å². The van der Waals surface area contributed by atoms with E-state index >= 15 is 0 Å². The third-order valence-electron chi connectivity index (χ3n) is 3.08. The molecular formula is C15H10ClN5S. The summed E-state index contributed by atoms with van der Waals surface area (Å²) in [5.74, 6) is 0. The van der Waals surface area contributed by atoms with E-state index in [1.807, 2.05) is 42.6 Å². The van der Waals surface area contributed by atoms with E-state index in [-0.39, 0.29) is 0 Å². The minimum absolute atomic E-state index is 0.685. The molecule has 3 aromatic heterocycles. The second-order valence-electron chi connectivity index (χ2n) is 4.64. The average Bonchev–Trinajstić information content (AvgIpc) is 3.06. The molecule has 0 atom stereocenters. The summed E-state index contributed by atoms with van der Waals surface area (Å²) in [5, 5.41) is 9.16. The molecule has 0 unspecified atom stereocenters. The summed E-state index contributed by atoms with van der Waals surface area (Å²) < 4.78 is 1.76. The number of nitrogens with zero attached hydrogens (tertiary/aromatic N) is 4. The summed E-state index contributed by atoms with van der Waals surface area (Å²) >= 11 is 7.46. The van der Waals surface area contributed by atoms with Crippen molar-refractivity contribution in [2.75, 3.05) is 5.32 Å². The van der Waals surface area contributed by atoms with E-state index < -0.39 is 0 Å². The van der Waals surface area contributed by atoms with Crippen molar-refractivity contribution in [2.24, 2.45) is 0 Å². The highest BCUT2D eigenvalue weighted by Gasteiger charge is 2.10. The highest BCUT2D eigenvalue weighted by atomic mass is 35.5. The number of anilines is 2. The first kappa shape index (κ1) is 13.2. The maximum absolute atomic E-state index is 5.98. The predicted molar refractivity (Wildman–Crippen MR) is 88.8 cm³/mol. The fourth-order valence-electron chi connectivity index (χ4n) is 2.09. The summed E-state index contributed by atoms with van der Waals surface area (Å²) in [6.45, 7) is 0. The van der Waals surface area contributed by atoms with Crippen LogP contribution in [0.1, 0.15) is 0 Å². The first-order valence-corrected chi connectivity index (χ1v) is 7.76. The Morgan fingerprint density at radius 2 is 2.14 bits per heavy atom. The van der Waals surface area contributed by atoms with Gasteiger partial charge in [-0.2, -0.15) is 0 Å². The van der Waals surface area contributed by atoms with Crippen LogP contribution >= 0.6 is 22.9 Å². The Bertz CT molecular complexity index is 900. The van der Waals surface area contributed by atoms with Gasteiger partial charge in [-0.15, -0.1) is 5.10 Å². The summed E-state index contributed by atoms with van der Waals surface area (Å²) in [6.07, 6.45) is 5.43. The Balaban J connectivity index is 1.64. The fraction of sp³-hybridized carbons (Fsp3) is 0. The van der Waals surface area contributed by atoms with Crippen LogP contribution in [0.3, 0.4) is 0 Å². The van der Waals surface area contributed by atoms with Gasteiger partial charge in [0.2, 0.25) is 10.1 Å². The standard InChI is InChI=1S/C15H10ClN5S/c16-11-4-1-5-12(7-11)18-14-20-21-9-13(19-15(21)22-14)10-3-2-6-17-8-10/h1-9H,(H,18,20). The largest absolute Gasteiger partial charge is 0.330 e. The zero-order chi connectivity index (χ0) is 14.9. The quantitative estimate of drug-likeness (QED) is 0.611. The van der Waals surface area contributed by atoms with Crippen molar-refractivity contribution >= 4 is 38.7 Å². The minimum Gasteiger partial charge on any atom is -0.330 e. The molecule has 0 radical (unpaired) electrons. The Kier molecular flexibility index (Phi) is 3.25. The van der Waals surface area contributed by atoms with E-state index in [2.05, 4.69) is 20.4 Å². The highest BCUT2D eigenvalue weighted by Crippen LogP contribution is 2.26. The van der Waals surface area contributed by atoms with Gasteiger partial charge in [-0.3, -0.25) is 4.98 Å². The molecule has 3 heterocycles. The second-order valence-corrected chi connectivity index (χ2v) is 6.03. The number of benzene rings is 1. The lowest BCUT2D eigenvalue weighted by Crippen LogP contribution is -1.90. The summed E-state index contributed by atoms with van der Waals surface area (Å²) in [7, 11) is 0. The summed E-state index contributed by atoms with van der Waals surface area (Å²) in [6, 6.07) is 11.4. The van der Waals surface area contributed by atoms with Crippen LogP contribution in [-0.2, 0) is 0 Å². The van der Waals surface area contributed by atoms with Crippen LogP contribution in [0.25, 0.3) is 16.2 Å². The first-order valence-electron chi connectivity index (χ1n) is 6.57. The van der Waals surface area contributed by atoms with Gasteiger partial charge in [0.15, 0.2) is 0 Å². The van der Waals surface area contributed by atoms with Crippen molar-refractivity contribution in [3.8, 4) is 11.3 Å². The van der Waals surface area contributed by atoms with Crippen LogP contribution in [-0.4, -0.2) is 19.6 Å². The Hall–Kier alpha value is -2.44. The molecule has 108 valence electrons. The van der Waals surface area contributed by atoms with Crippen LogP contribution in [0.15, 0.2) is 55.0 Å². The lowest BCUT2D eigenvalue weighted by Gasteiger charge is -2.01. The Labute approximate surface area is 135 Å². The topological polar surface area (TPSA) is 55.1 Å². The number of rotatable bonds is 3. The molecule has 5 nitrogen and oxygen atoms in total. The highest BCUT2D eigenvalue weighted by molar-refractivity contribution is 7.20.